The van der Waals surface area contributed by atoms with E-state index in [1.165, 1.54) is 12.1 Å². The maximum atomic E-state index is 11.6. The summed E-state index contributed by atoms with van der Waals surface area (Å²) >= 11 is 0. The van der Waals surface area contributed by atoms with Gasteiger partial charge in [-0.05, 0) is 114 Å². The number of unbranched alkanes of at least 4 members (excludes halogenated alkanes) is 1. The molecule has 0 atom stereocenters. The number of ether oxygens (including phenoxy) is 2. The molecule has 9 heteroatoms. The van der Waals surface area contributed by atoms with E-state index < -0.39 is 0 Å². The van der Waals surface area contributed by atoms with Crippen LogP contribution in [0.4, 0.5) is 5.69 Å². The summed E-state index contributed by atoms with van der Waals surface area (Å²) in [5, 5.41) is 11.6. The number of hydrogen-bond acceptors (Lipinski definition) is 6. The SMILES string of the molecule is CCCCc1c2nc(c(-c3cccc(OC)c3)c3ccc([nH]3)c(-c3ccc([N+](=O)[O-])cc3)c3nc(c(-c4cccc(OC)c4)c4ccc1[nH]4)C=C3)C=C2. The van der Waals surface area contributed by atoms with Crippen molar-refractivity contribution in [1.82, 2.24) is 19.9 Å². The third kappa shape index (κ3) is 6.38. The van der Waals surface area contributed by atoms with Crippen LogP contribution in [0.5, 0.6) is 11.5 Å². The molecule has 2 aliphatic heterocycles. The van der Waals surface area contributed by atoms with Gasteiger partial charge in [-0.2, -0.15) is 0 Å². The number of rotatable bonds is 9. The fraction of sp³-hybridized carbons (Fsp3) is 0.136. The second kappa shape index (κ2) is 14.1. The van der Waals surface area contributed by atoms with E-state index in [-0.39, 0.29) is 10.6 Å². The summed E-state index contributed by atoms with van der Waals surface area (Å²) in [6, 6.07) is 30.9. The molecule has 0 radical (unpaired) electrons. The average molecular weight is 700 g/mol. The Bertz CT molecular complexity index is 2570. The Morgan fingerprint density at radius 2 is 1.08 bits per heavy atom. The van der Waals surface area contributed by atoms with Crippen LogP contribution in [0.15, 0.2) is 97.1 Å². The molecule has 262 valence electrons. The Kier molecular flexibility index (Phi) is 8.90. The number of aryl methyl sites for hydroxylation is 1. The number of fused-ring (bicyclic) bond motifs is 8. The van der Waals surface area contributed by atoms with Gasteiger partial charge in [0.2, 0.25) is 0 Å². The first kappa shape index (κ1) is 33.4. The van der Waals surface area contributed by atoms with Gasteiger partial charge in [0.25, 0.3) is 5.69 Å². The summed E-state index contributed by atoms with van der Waals surface area (Å²) in [4.78, 5) is 29.3. The van der Waals surface area contributed by atoms with E-state index in [2.05, 4.69) is 59.4 Å². The van der Waals surface area contributed by atoms with E-state index >= 15 is 0 Å². The molecule has 0 spiro atoms. The minimum atomic E-state index is -0.388. The predicted molar refractivity (Wildman–Crippen MR) is 214 cm³/mol. The second-order valence-electron chi connectivity index (χ2n) is 13.0. The van der Waals surface area contributed by atoms with Crippen molar-refractivity contribution in [3.05, 3.63) is 136 Å². The standard InChI is InChI=1S/C44H37N5O4/c1-4-5-12-33-34-17-19-38(45-34)43(28-8-6-10-31(25-28)52-2)40-23-21-36(47-40)42(27-13-15-30(16-14-27)49(50)51)37-22-24-41(48-37)44(39-20-18-35(33)46-39)29-9-7-11-32(26-29)53-3/h6-11,13-26,45,48H,4-5,12H2,1-3H3. The molecule has 2 N–H and O–H groups in total. The number of aromatic amines is 2. The molecule has 2 aliphatic rings. The van der Waals surface area contributed by atoms with Crippen LogP contribution in [0, 0.1) is 10.1 Å². The highest BCUT2D eigenvalue weighted by atomic mass is 16.6. The summed E-state index contributed by atoms with van der Waals surface area (Å²) in [6.07, 6.45) is 11.1. The van der Waals surface area contributed by atoms with Gasteiger partial charge in [-0.25, -0.2) is 9.97 Å². The summed E-state index contributed by atoms with van der Waals surface area (Å²) in [5.74, 6) is 1.48. The molecule has 53 heavy (non-hydrogen) atoms. The quantitative estimate of drug-likeness (QED) is 0.114. The molecule has 0 fully saturated rings. The number of benzene rings is 3. The van der Waals surface area contributed by atoms with Crippen molar-refractivity contribution >= 4 is 52.1 Å². The van der Waals surface area contributed by atoms with Crippen LogP contribution < -0.4 is 9.47 Å². The number of H-pyrrole nitrogens is 2. The lowest BCUT2D eigenvalue weighted by molar-refractivity contribution is -0.384. The summed E-state index contributed by atoms with van der Waals surface area (Å²) < 4.78 is 11.3. The highest BCUT2D eigenvalue weighted by Gasteiger charge is 2.19. The van der Waals surface area contributed by atoms with Gasteiger partial charge in [0.1, 0.15) is 11.5 Å². The monoisotopic (exact) mass is 699 g/mol. The van der Waals surface area contributed by atoms with Crippen molar-refractivity contribution in [2.45, 2.75) is 26.2 Å². The molecule has 0 aliphatic carbocycles. The van der Waals surface area contributed by atoms with Gasteiger partial charge in [0.15, 0.2) is 0 Å². The Morgan fingerprint density at radius 3 is 1.58 bits per heavy atom. The lowest BCUT2D eigenvalue weighted by Crippen LogP contribution is -1.93. The van der Waals surface area contributed by atoms with Crippen LogP contribution in [0.25, 0.3) is 79.8 Å². The molecule has 8 rings (SSSR count). The van der Waals surface area contributed by atoms with Crippen molar-refractivity contribution in [3.8, 4) is 44.9 Å². The number of nitrogens with one attached hydrogen (secondary N) is 2. The first-order chi connectivity index (χ1) is 25.9. The Hall–Kier alpha value is -6.74. The third-order valence-corrected chi connectivity index (χ3v) is 9.73. The van der Waals surface area contributed by atoms with Crippen LogP contribution in [0.2, 0.25) is 0 Å². The maximum Gasteiger partial charge on any atom is 0.269 e. The normalized spacial score (nSPS) is 11.9. The fourth-order valence-electron chi connectivity index (χ4n) is 7.10. The Labute approximate surface area is 306 Å². The number of non-ortho nitro benzene ring substituents is 1. The second-order valence-corrected chi connectivity index (χ2v) is 13.0. The highest BCUT2D eigenvalue weighted by Crippen LogP contribution is 2.38. The maximum absolute atomic E-state index is 11.6. The van der Waals surface area contributed by atoms with E-state index in [0.717, 1.165) is 109 Å². The number of nitro benzene ring substituents is 1. The van der Waals surface area contributed by atoms with Gasteiger partial charge >= 0.3 is 0 Å². The topological polar surface area (TPSA) is 119 Å². The van der Waals surface area contributed by atoms with Crippen LogP contribution in [0.1, 0.15) is 48.1 Å². The number of aromatic nitrogens is 4. The van der Waals surface area contributed by atoms with E-state index in [4.69, 9.17) is 19.4 Å². The smallest absolute Gasteiger partial charge is 0.269 e. The average Bonchev–Trinajstić information content (AvgIpc) is 4.03. The van der Waals surface area contributed by atoms with Crippen molar-refractivity contribution in [2.24, 2.45) is 0 Å². The third-order valence-electron chi connectivity index (χ3n) is 9.73. The number of nitrogens with zero attached hydrogens (tertiary/aromatic N) is 3. The van der Waals surface area contributed by atoms with E-state index in [1.54, 1.807) is 26.4 Å². The lowest BCUT2D eigenvalue weighted by Gasteiger charge is -2.08. The van der Waals surface area contributed by atoms with Gasteiger partial charge in [0.05, 0.1) is 41.9 Å². The molecule has 0 amide bonds. The van der Waals surface area contributed by atoms with Gasteiger partial charge in [-0.15, -0.1) is 0 Å². The zero-order valence-corrected chi connectivity index (χ0v) is 29.6. The van der Waals surface area contributed by atoms with E-state index in [0.29, 0.717) is 5.69 Å². The fourth-order valence-corrected chi connectivity index (χ4v) is 7.10. The number of methoxy groups -OCH3 is 2. The van der Waals surface area contributed by atoms with Gasteiger partial charge in [0, 0.05) is 56.5 Å². The van der Waals surface area contributed by atoms with Crippen molar-refractivity contribution in [2.75, 3.05) is 14.2 Å². The van der Waals surface area contributed by atoms with E-state index in [1.807, 2.05) is 54.6 Å². The van der Waals surface area contributed by atoms with Gasteiger partial charge < -0.3 is 19.4 Å². The van der Waals surface area contributed by atoms with Crippen LogP contribution in [-0.2, 0) is 6.42 Å². The summed E-state index contributed by atoms with van der Waals surface area (Å²) in [7, 11) is 3.33. The largest absolute Gasteiger partial charge is 0.497 e. The molecular weight excluding hydrogens is 663 g/mol. The molecule has 3 aromatic carbocycles. The molecule has 0 saturated heterocycles. The number of nitro groups is 1. The van der Waals surface area contributed by atoms with Crippen LogP contribution in [0.3, 0.4) is 0 Å². The molecule has 8 bridgehead atoms. The molecule has 0 saturated carbocycles. The molecule has 3 aromatic heterocycles. The minimum Gasteiger partial charge on any atom is -0.497 e. The van der Waals surface area contributed by atoms with Crippen molar-refractivity contribution < 1.29 is 14.4 Å². The molecular formula is C44H37N5O4. The minimum absolute atomic E-state index is 0.0175. The predicted octanol–water partition coefficient (Wildman–Crippen LogP) is 10.9. The van der Waals surface area contributed by atoms with Gasteiger partial charge in [-0.1, -0.05) is 37.6 Å². The zero-order chi connectivity index (χ0) is 36.5. The zero-order valence-electron chi connectivity index (χ0n) is 29.6. The molecule has 9 nitrogen and oxygen atoms in total. The van der Waals surface area contributed by atoms with Gasteiger partial charge in [-0.3, -0.25) is 10.1 Å². The molecule has 0 unspecified atom stereocenters. The molecule has 5 heterocycles. The van der Waals surface area contributed by atoms with Crippen molar-refractivity contribution in [1.29, 1.82) is 0 Å². The summed E-state index contributed by atoms with van der Waals surface area (Å²) in [5.41, 5.74) is 13.3. The first-order valence-electron chi connectivity index (χ1n) is 17.6. The summed E-state index contributed by atoms with van der Waals surface area (Å²) in [6.45, 7) is 2.20. The van der Waals surface area contributed by atoms with Crippen molar-refractivity contribution in [3.63, 3.8) is 0 Å². The lowest BCUT2D eigenvalue weighted by atomic mass is 10.0. The van der Waals surface area contributed by atoms with E-state index in [9.17, 15) is 10.1 Å². The van der Waals surface area contributed by atoms with Crippen LogP contribution >= 0.6 is 0 Å². The van der Waals surface area contributed by atoms with Crippen LogP contribution in [-0.4, -0.2) is 39.1 Å². The Morgan fingerprint density at radius 1 is 0.604 bits per heavy atom. The number of hydrogen-bond donors (Lipinski definition) is 2. The highest BCUT2D eigenvalue weighted by molar-refractivity contribution is 5.98. The first-order valence-corrected chi connectivity index (χ1v) is 17.6. The Balaban J connectivity index is 1.53. The molecule has 6 aromatic rings.